The molecule has 0 aromatic carbocycles. The van der Waals surface area contributed by atoms with Crippen LogP contribution < -0.4 is 5.32 Å². The number of aliphatic carboxylic acids is 1. The molecule has 0 aromatic heterocycles. The van der Waals surface area contributed by atoms with Gasteiger partial charge in [-0.1, -0.05) is 51.9 Å². The van der Waals surface area contributed by atoms with Crippen molar-refractivity contribution in [3.8, 4) is 0 Å². The predicted molar refractivity (Wildman–Crippen MR) is 77.0 cm³/mol. The lowest BCUT2D eigenvalue weighted by atomic mass is 10.1. The summed E-state index contributed by atoms with van der Waals surface area (Å²) in [4.78, 5) is 10.3. The quantitative estimate of drug-likeness (QED) is 0.463. The highest BCUT2D eigenvalue weighted by molar-refractivity contribution is 5.66. The van der Waals surface area contributed by atoms with E-state index in [4.69, 9.17) is 5.11 Å². The van der Waals surface area contributed by atoms with Crippen molar-refractivity contribution in [3.05, 3.63) is 0 Å². The Kier molecular flexibility index (Phi) is 14.0. The molecule has 0 bridgehead atoms. The first-order valence-corrected chi connectivity index (χ1v) is 7.70. The molecule has 0 atom stereocenters. The largest absolute Gasteiger partial charge is 0.481 e. The van der Waals surface area contributed by atoms with Crippen LogP contribution in [0.4, 0.5) is 0 Å². The standard InChI is InChI=1S/C15H31NO2/c1-2-3-4-5-6-7-10-13-16-14-11-8-9-12-15(17)18/h16H,2-14H2,1H3,(H,17,18). The summed E-state index contributed by atoms with van der Waals surface area (Å²) in [5.74, 6) is -0.675. The zero-order valence-corrected chi connectivity index (χ0v) is 12.0. The molecule has 0 heterocycles. The molecule has 0 aliphatic rings. The maximum Gasteiger partial charge on any atom is 0.303 e. The van der Waals surface area contributed by atoms with Gasteiger partial charge in [0.1, 0.15) is 0 Å². The molecule has 0 fully saturated rings. The van der Waals surface area contributed by atoms with E-state index >= 15 is 0 Å². The van der Waals surface area contributed by atoms with Crippen LogP contribution >= 0.6 is 0 Å². The molecule has 0 aliphatic heterocycles. The highest BCUT2D eigenvalue weighted by atomic mass is 16.4. The molecule has 0 saturated carbocycles. The van der Waals surface area contributed by atoms with Gasteiger partial charge in [-0.15, -0.1) is 0 Å². The minimum atomic E-state index is -0.675. The zero-order chi connectivity index (χ0) is 13.5. The van der Waals surface area contributed by atoms with Gasteiger partial charge in [0.2, 0.25) is 0 Å². The normalized spacial score (nSPS) is 10.7. The highest BCUT2D eigenvalue weighted by Crippen LogP contribution is 2.06. The third-order valence-electron chi connectivity index (χ3n) is 3.20. The van der Waals surface area contributed by atoms with Crippen molar-refractivity contribution in [1.29, 1.82) is 0 Å². The van der Waals surface area contributed by atoms with Crippen molar-refractivity contribution in [1.82, 2.24) is 5.32 Å². The van der Waals surface area contributed by atoms with Gasteiger partial charge in [0.05, 0.1) is 0 Å². The topological polar surface area (TPSA) is 49.3 Å². The summed E-state index contributed by atoms with van der Waals surface area (Å²) in [7, 11) is 0. The molecular formula is C15H31NO2. The van der Waals surface area contributed by atoms with E-state index in [1.54, 1.807) is 0 Å². The Hall–Kier alpha value is -0.570. The van der Waals surface area contributed by atoms with Gasteiger partial charge < -0.3 is 10.4 Å². The second-order valence-corrected chi connectivity index (χ2v) is 5.08. The Labute approximate surface area is 112 Å². The molecule has 0 amide bonds. The van der Waals surface area contributed by atoms with Crippen LogP contribution in [0.1, 0.15) is 77.6 Å². The van der Waals surface area contributed by atoms with Crippen LogP contribution in [-0.2, 0) is 4.79 Å². The third-order valence-corrected chi connectivity index (χ3v) is 3.20. The van der Waals surface area contributed by atoms with Crippen molar-refractivity contribution in [2.45, 2.75) is 77.6 Å². The predicted octanol–water partition coefficient (Wildman–Crippen LogP) is 3.97. The smallest absolute Gasteiger partial charge is 0.303 e. The van der Waals surface area contributed by atoms with Gasteiger partial charge in [-0.2, -0.15) is 0 Å². The molecule has 0 saturated heterocycles. The fourth-order valence-electron chi connectivity index (χ4n) is 2.04. The minimum Gasteiger partial charge on any atom is -0.481 e. The number of carboxylic acid groups (broad SMARTS) is 1. The van der Waals surface area contributed by atoms with E-state index in [2.05, 4.69) is 12.2 Å². The van der Waals surface area contributed by atoms with Gasteiger partial charge in [0.25, 0.3) is 0 Å². The van der Waals surface area contributed by atoms with E-state index in [0.717, 1.165) is 32.4 Å². The summed E-state index contributed by atoms with van der Waals surface area (Å²) in [6.07, 6.45) is 12.7. The van der Waals surface area contributed by atoms with Crippen LogP contribution in [0.5, 0.6) is 0 Å². The second-order valence-electron chi connectivity index (χ2n) is 5.08. The van der Waals surface area contributed by atoms with Gasteiger partial charge in [0.15, 0.2) is 0 Å². The van der Waals surface area contributed by atoms with E-state index in [0.29, 0.717) is 6.42 Å². The zero-order valence-electron chi connectivity index (χ0n) is 12.0. The average Bonchev–Trinajstić information content (AvgIpc) is 2.34. The fourth-order valence-corrected chi connectivity index (χ4v) is 2.04. The van der Waals surface area contributed by atoms with Crippen LogP contribution in [0.15, 0.2) is 0 Å². The molecule has 3 heteroatoms. The number of carboxylic acids is 1. The molecule has 0 aromatic rings. The fraction of sp³-hybridized carbons (Fsp3) is 0.933. The number of nitrogens with one attached hydrogen (secondary N) is 1. The molecule has 0 spiro atoms. The third kappa shape index (κ3) is 15.4. The van der Waals surface area contributed by atoms with E-state index in [1.807, 2.05) is 0 Å². The van der Waals surface area contributed by atoms with E-state index in [1.165, 1.54) is 44.9 Å². The Bertz CT molecular complexity index is 183. The van der Waals surface area contributed by atoms with E-state index in [-0.39, 0.29) is 0 Å². The maximum absolute atomic E-state index is 10.3. The Morgan fingerprint density at radius 1 is 0.833 bits per heavy atom. The van der Waals surface area contributed by atoms with Crippen molar-refractivity contribution in [3.63, 3.8) is 0 Å². The van der Waals surface area contributed by atoms with E-state index < -0.39 is 5.97 Å². The Morgan fingerprint density at radius 2 is 1.33 bits per heavy atom. The molecule has 0 radical (unpaired) electrons. The molecule has 0 rings (SSSR count). The molecule has 18 heavy (non-hydrogen) atoms. The summed E-state index contributed by atoms with van der Waals surface area (Å²) in [6.45, 7) is 4.41. The maximum atomic E-state index is 10.3. The minimum absolute atomic E-state index is 0.317. The molecule has 108 valence electrons. The van der Waals surface area contributed by atoms with Crippen LogP contribution in [0.25, 0.3) is 0 Å². The molecule has 3 nitrogen and oxygen atoms in total. The van der Waals surface area contributed by atoms with Crippen molar-refractivity contribution in [2.75, 3.05) is 13.1 Å². The number of hydrogen-bond donors (Lipinski definition) is 2. The highest BCUT2D eigenvalue weighted by Gasteiger charge is 1.96. The lowest BCUT2D eigenvalue weighted by Gasteiger charge is -2.04. The SMILES string of the molecule is CCCCCCCCCNCCCCCC(=O)O. The van der Waals surface area contributed by atoms with Crippen molar-refractivity contribution < 1.29 is 9.90 Å². The summed E-state index contributed by atoms with van der Waals surface area (Å²) in [5, 5.41) is 11.9. The lowest BCUT2D eigenvalue weighted by molar-refractivity contribution is -0.137. The number of unbranched alkanes of at least 4 members (excludes halogenated alkanes) is 8. The van der Waals surface area contributed by atoms with E-state index in [9.17, 15) is 4.79 Å². The van der Waals surface area contributed by atoms with Crippen molar-refractivity contribution in [2.24, 2.45) is 0 Å². The first kappa shape index (κ1) is 17.4. The first-order valence-electron chi connectivity index (χ1n) is 7.70. The summed E-state index contributed by atoms with van der Waals surface area (Å²) >= 11 is 0. The van der Waals surface area contributed by atoms with Crippen LogP contribution in [-0.4, -0.2) is 24.2 Å². The summed E-state index contributed by atoms with van der Waals surface area (Å²) < 4.78 is 0. The molecular weight excluding hydrogens is 226 g/mol. The molecule has 0 aliphatic carbocycles. The van der Waals surface area contributed by atoms with Crippen LogP contribution in [0.2, 0.25) is 0 Å². The average molecular weight is 257 g/mol. The molecule has 0 unspecified atom stereocenters. The van der Waals surface area contributed by atoms with Gasteiger partial charge >= 0.3 is 5.97 Å². The Morgan fingerprint density at radius 3 is 1.89 bits per heavy atom. The Balaban J connectivity index is 2.92. The molecule has 2 N–H and O–H groups in total. The lowest BCUT2D eigenvalue weighted by Crippen LogP contribution is -2.16. The number of hydrogen-bond acceptors (Lipinski definition) is 2. The van der Waals surface area contributed by atoms with Gasteiger partial charge in [0, 0.05) is 6.42 Å². The van der Waals surface area contributed by atoms with Crippen molar-refractivity contribution >= 4 is 5.97 Å². The van der Waals surface area contributed by atoms with Crippen LogP contribution in [0, 0.1) is 0 Å². The number of rotatable bonds is 14. The van der Waals surface area contributed by atoms with Crippen LogP contribution in [0.3, 0.4) is 0 Å². The summed E-state index contributed by atoms with van der Waals surface area (Å²) in [6, 6.07) is 0. The first-order chi connectivity index (χ1) is 8.77. The monoisotopic (exact) mass is 257 g/mol. The van der Waals surface area contributed by atoms with Gasteiger partial charge in [-0.25, -0.2) is 0 Å². The van der Waals surface area contributed by atoms with Gasteiger partial charge in [-0.05, 0) is 32.4 Å². The van der Waals surface area contributed by atoms with Gasteiger partial charge in [-0.3, -0.25) is 4.79 Å². The second kappa shape index (κ2) is 14.5. The summed E-state index contributed by atoms with van der Waals surface area (Å²) in [5.41, 5.74) is 0. The number of carbonyl (C=O) groups is 1.